The summed E-state index contributed by atoms with van der Waals surface area (Å²) >= 11 is 0. The van der Waals surface area contributed by atoms with Crippen molar-refractivity contribution < 1.29 is 0 Å². The third kappa shape index (κ3) is 1.97. The molecule has 94 valence electrons. The van der Waals surface area contributed by atoms with Crippen molar-refractivity contribution in [2.75, 3.05) is 0 Å². The van der Waals surface area contributed by atoms with E-state index in [-0.39, 0.29) is 0 Å². The van der Waals surface area contributed by atoms with Crippen LogP contribution in [0.1, 0.15) is 45.1 Å². The zero-order chi connectivity index (χ0) is 12.6. The maximum Gasteiger partial charge on any atom is 0.0245 e. The quantitative estimate of drug-likeness (QED) is 0.632. The molecule has 0 unspecified atom stereocenters. The third-order valence-electron chi connectivity index (χ3n) is 5.37. The van der Waals surface area contributed by atoms with Crippen LogP contribution >= 0.6 is 0 Å². The van der Waals surface area contributed by atoms with Gasteiger partial charge in [-0.15, -0.1) is 0 Å². The molecule has 3 aliphatic rings. The molecule has 4 rings (SSSR count). The van der Waals surface area contributed by atoms with E-state index in [2.05, 4.69) is 50.0 Å². The lowest BCUT2D eigenvalue weighted by molar-refractivity contribution is -0.103. The van der Waals surface area contributed by atoms with Gasteiger partial charge < -0.3 is 0 Å². The van der Waals surface area contributed by atoms with E-state index in [1.807, 2.05) is 6.07 Å². The second-order valence-corrected chi connectivity index (χ2v) is 6.57. The molecule has 0 heteroatoms. The van der Waals surface area contributed by atoms with Gasteiger partial charge in [-0.25, -0.2) is 0 Å². The Hall–Kier alpha value is -1.22. The van der Waals surface area contributed by atoms with E-state index < -0.39 is 0 Å². The van der Waals surface area contributed by atoms with Crippen molar-refractivity contribution >= 4 is 0 Å². The van der Waals surface area contributed by atoms with Crippen LogP contribution in [0.4, 0.5) is 0 Å². The first-order chi connectivity index (χ1) is 8.68. The third-order valence-corrected chi connectivity index (χ3v) is 5.37. The fourth-order valence-corrected chi connectivity index (χ4v) is 4.01. The van der Waals surface area contributed by atoms with Crippen LogP contribution < -0.4 is 0 Å². The molecule has 0 spiro atoms. The highest BCUT2D eigenvalue weighted by Gasteiger charge is 2.53. The minimum Gasteiger partial charge on any atom is -0.0976 e. The Morgan fingerprint density at radius 1 is 1.17 bits per heavy atom. The first-order valence-electron chi connectivity index (χ1n) is 7.22. The Labute approximate surface area is 111 Å². The molecule has 0 amide bonds. The van der Waals surface area contributed by atoms with Gasteiger partial charge in [0.1, 0.15) is 0 Å². The van der Waals surface area contributed by atoms with Gasteiger partial charge in [-0.05, 0) is 54.6 Å². The zero-order valence-electron chi connectivity index (χ0n) is 11.4. The van der Waals surface area contributed by atoms with Gasteiger partial charge in [-0.3, -0.25) is 0 Å². The molecule has 3 saturated carbocycles. The van der Waals surface area contributed by atoms with Crippen molar-refractivity contribution in [3.63, 3.8) is 0 Å². The largest absolute Gasteiger partial charge is 0.0976 e. The summed E-state index contributed by atoms with van der Waals surface area (Å²) in [5.41, 5.74) is 1.75. The lowest BCUT2D eigenvalue weighted by Crippen LogP contribution is -2.52. The van der Waals surface area contributed by atoms with Gasteiger partial charge in [-0.1, -0.05) is 43.9 Å². The minimum atomic E-state index is 0.595. The average molecular weight is 238 g/mol. The molecular weight excluding hydrogens is 216 g/mol. The topological polar surface area (TPSA) is 0 Å². The van der Waals surface area contributed by atoms with Crippen molar-refractivity contribution in [1.82, 2.24) is 0 Å². The van der Waals surface area contributed by atoms with Crippen molar-refractivity contribution in [2.45, 2.75) is 39.5 Å². The number of hydrogen-bond acceptors (Lipinski definition) is 0. The molecule has 0 saturated heterocycles. The first-order valence-corrected chi connectivity index (χ1v) is 7.22. The van der Waals surface area contributed by atoms with E-state index in [0.29, 0.717) is 5.41 Å². The van der Waals surface area contributed by atoms with Crippen LogP contribution in [0.2, 0.25) is 0 Å². The van der Waals surface area contributed by atoms with Crippen molar-refractivity contribution in [3.05, 3.63) is 35.9 Å². The van der Waals surface area contributed by atoms with Gasteiger partial charge in [0.25, 0.3) is 0 Å². The standard InChI is InChI=1S/C18H22/c1-18(2)16-12-11-15(17(18)13-16)10-6-9-14-7-4-3-5-8-14/h3-5,7-8,15-17H,10-13H2,1-2H3/t15-,16+,17+/m1/s1. The Morgan fingerprint density at radius 3 is 2.61 bits per heavy atom. The molecule has 0 radical (unpaired) electrons. The minimum absolute atomic E-state index is 0.595. The maximum absolute atomic E-state index is 3.41. The van der Waals surface area contributed by atoms with Crippen LogP contribution in [-0.4, -0.2) is 0 Å². The second-order valence-electron chi connectivity index (χ2n) is 6.57. The van der Waals surface area contributed by atoms with Gasteiger partial charge in [0.2, 0.25) is 0 Å². The fourth-order valence-electron chi connectivity index (χ4n) is 4.01. The maximum atomic E-state index is 3.41. The van der Waals surface area contributed by atoms with Crippen LogP contribution in [-0.2, 0) is 0 Å². The Morgan fingerprint density at radius 2 is 1.94 bits per heavy atom. The summed E-state index contributed by atoms with van der Waals surface area (Å²) in [5, 5.41) is 0. The fraction of sp³-hybridized carbons (Fsp3) is 0.556. The summed E-state index contributed by atoms with van der Waals surface area (Å²) in [5.74, 6) is 9.50. The highest BCUT2D eigenvalue weighted by atomic mass is 14.6. The van der Waals surface area contributed by atoms with Crippen molar-refractivity contribution in [1.29, 1.82) is 0 Å². The normalized spacial score (nSPS) is 32.0. The van der Waals surface area contributed by atoms with Crippen LogP contribution in [0.5, 0.6) is 0 Å². The lowest BCUT2D eigenvalue weighted by atomic mass is 9.45. The highest BCUT2D eigenvalue weighted by Crippen LogP contribution is 2.61. The summed E-state index contributed by atoms with van der Waals surface area (Å²) in [6, 6.07) is 10.4. The summed E-state index contributed by atoms with van der Waals surface area (Å²) in [7, 11) is 0. The Kier molecular flexibility index (Phi) is 2.94. The smallest absolute Gasteiger partial charge is 0.0245 e. The van der Waals surface area contributed by atoms with Crippen LogP contribution in [0.3, 0.4) is 0 Å². The number of fused-ring (bicyclic) bond motifs is 2. The molecule has 0 aliphatic heterocycles. The molecule has 18 heavy (non-hydrogen) atoms. The van der Waals surface area contributed by atoms with Gasteiger partial charge in [-0.2, -0.15) is 0 Å². The van der Waals surface area contributed by atoms with E-state index in [0.717, 1.165) is 29.7 Å². The molecule has 3 atom stereocenters. The van der Waals surface area contributed by atoms with Crippen LogP contribution in [0, 0.1) is 35.0 Å². The molecule has 1 aromatic carbocycles. The monoisotopic (exact) mass is 238 g/mol. The van der Waals surface area contributed by atoms with Crippen molar-refractivity contribution in [2.24, 2.45) is 23.2 Å². The molecule has 3 aliphatic carbocycles. The van der Waals surface area contributed by atoms with Gasteiger partial charge in [0.05, 0.1) is 0 Å². The van der Waals surface area contributed by atoms with E-state index in [4.69, 9.17) is 0 Å². The Bertz CT molecular complexity index is 470. The summed E-state index contributed by atoms with van der Waals surface area (Å²) in [6.45, 7) is 4.92. The summed E-state index contributed by atoms with van der Waals surface area (Å²) in [6.07, 6.45) is 5.39. The lowest BCUT2D eigenvalue weighted by Gasteiger charge is -2.60. The second kappa shape index (κ2) is 4.47. The number of rotatable bonds is 1. The van der Waals surface area contributed by atoms with E-state index in [1.165, 1.54) is 19.3 Å². The number of benzene rings is 1. The van der Waals surface area contributed by atoms with E-state index in [1.54, 1.807) is 0 Å². The molecule has 1 aromatic rings. The first kappa shape index (κ1) is 11.8. The zero-order valence-corrected chi connectivity index (χ0v) is 11.4. The van der Waals surface area contributed by atoms with Crippen LogP contribution in [0.25, 0.3) is 0 Å². The van der Waals surface area contributed by atoms with Gasteiger partial charge >= 0.3 is 0 Å². The number of hydrogen-bond donors (Lipinski definition) is 0. The summed E-state index contributed by atoms with van der Waals surface area (Å²) < 4.78 is 0. The summed E-state index contributed by atoms with van der Waals surface area (Å²) in [4.78, 5) is 0. The molecular formula is C18H22. The van der Waals surface area contributed by atoms with Crippen molar-refractivity contribution in [3.8, 4) is 11.8 Å². The SMILES string of the molecule is CC1(C)[C@H]2CC[C@@H](CC#Cc3ccccc3)[C@@H]1C2. The van der Waals surface area contributed by atoms with Gasteiger partial charge in [0, 0.05) is 12.0 Å². The molecule has 0 nitrogen and oxygen atoms in total. The van der Waals surface area contributed by atoms with E-state index >= 15 is 0 Å². The highest BCUT2D eigenvalue weighted by molar-refractivity contribution is 5.33. The molecule has 0 heterocycles. The molecule has 2 bridgehead atoms. The molecule has 0 aromatic heterocycles. The average Bonchev–Trinajstić information content (AvgIpc) is 2.40. The van der Waals surface area contributed by atoms with E-state index in [9.17, 15) is 0 Å². The van der Waals surface area contributed by atoms with Gasteiger partial charge in [0.15, 0.2) is 0 Å². The predicted molar refractivity (Wildman–Crippen MR) is 76.0 cm³/mol. The molecule has 3 fully saturated rings. The molecule has 0 N–H and O–H groups in total. The Balaban J connectivity index is 1.63. The predicted octanol–water partition coefficient (Wildman–Crippen LogP) is 4.50. The van der Waals surface area contributed by atoms with Crippen LogP contribution in [0.15, 0.2) is 30.3 Å².